The molecule has 0 amide bonds. The van der Waals surface area contributed by atoms with Gasteiger partial charge in [0.2, 0.25) is 15.0 Å². The van der Waals surface area contributed by atoms with Crippen LogP contribution in [0.4, 0.5) is 0 Å². The summed E-state index contributed by atoms with van der Waals surface area (Å²) in [6, 6.07) is 5.56. The summed E-state index contributed by atoms with van der Waals surface area (Å²) in [5.74, 6) is 2.02. The van der Waals surface area contributed by atoms with E-state index in [4.69, 9.17) is 14.6 Å². The lowest BCUT2D eigenvalue weighted by molar-refractivity contribution is 0.309. The second kappa shape index (κ2) is 7.30. The van der Waals surface area contributed by atoms with Crippen molar-refractivity contribution in [3.63, 3.8) is 0 Å². The first-order valence-electron chi connectivity index (χ1n) is 8.80. The average molecular weight is 424 g/mol. The number of benzene rings is 1. The maximum Gasteiger partial charge on any atom is 0.234 e. The molecule has 4 rings (SSSR count). The van der Waals surface area contributed by atoms with Gasteiger partial charge in [-0.25, -0.2) is 12.7 Å². The molecule has 1 aliphatic heterocycles. The highest BCUT2D eigenvalue weighted by Crippen LogP contribution is 2.36. The Kier molecular flexibility index (Phi) is 4.98. The third kappa shape index (κ3) is 3.45. The predicted octanol–water partition coefficient (Wildman–Crippen LogP) is 2.01. The van der Waals surface area contributed by atoms with Gasteiger partial charge < -0.3 is 9.47 Å². The molecule has 0 bridgehead atoms. The third-order valence-electron chi connectivity index (χ3n) is 4.87. The van der Waals surface area contributed by atoms with Crippen LogP contribution in [0.1, 0.15) is 24.6 Å². The second-order valence-electron chi connectivity index (χ2n) is 6.69. The molecule has 0 saturated carbocycles. The molecule has 28 heavy (non-hydrogen) atoms. The first-order chi connectivity index (χ1) is 13.4. The summed E-state index contributed by atoms with van der Waals surface area (Å²) in [5.41, 5.74) is 0.839. The Bertz CT molecular complexity index is 1110. The fraction of sp³-hybridized carbons (Fsp3) is 0.471. The summed E-state index contributed by atoms with van der Waals surface area (Å²) in [6.45, 7) is 0.945. The fourth-order valence-corrected chi connectivity index (χ4v) is 5.21. The van der Waals surface area contributed by atoms with Crippen LogP contribution in [0.15, 0.2) is 18.2 Å². The molecule has 1 aromatic carbocycles. The molecule has 2 aromatic heterocycles. The molecule has 9 nitrogen and oxygen atoms in total. The van der Waals surface area contributed by atoms with Crippen molar-refractivity contribution in [1.29, 1.82) is 0 Å². The summed E-state index contributed by atoms with van der Waals surface area (Å²) < 4.78 is 37.8. The van der Waals surface area contributed by atoms with Gasteiger partial charge in [0, 0.05) is 25.1 Å². The van der Waals surface area contributed by atoms with Gasteiger partial charge in [-0.2, -0.15) is 9.61 Å². The lowest BCUT2D eigenvalue weighted by atomic mass is 9.99. The highest BCUT2D eigenvalue weighted by molar-refractivity contribution is 7.88. The topological polar surface area (TPSA) is 98.9 Å². The van der Waals surface area contributed by atoms with Crippen LogP contribution in [-0.4, -0.2) is 66.1 Å². The number of hydrogen-bond acceptors (Lipinski definition) is 8. The quantitative estimate of drug-likeness (QED) is 0.619. The van der Waals surface area contributed by atoms with Gasteiger partial charge in [0.05, 0.1) is 26.0 Å². The molecule has 150 valence electrons. The zero-order valence-electron chi connectivity index (χ0n) is 15.8. The highest BCUT2D eigenvalue weighted by Gasteiger charge is 2.30. The monoisotopic (exact) mass is 423 g/mol. The van der Waals surface area contributed by atoms with Gasteiger partial charge in [-0.1, -0.05) is 11.3 Å². The summed E-state index contributed by atoms with van der Waals surface area (Å²) in [7, 11) is -0.0189. The van der Waals surface area contributed by atoms with Crippen LogP contribution in [0.2, 0.25) is 0 Å². The Morgan fingerprint density at radius 1 is 1.21 bits per heavy atom. The molecule has 1 aliphatic rings. The average Bonchev–Trinajstić information content (AvgIpc) is 3.27. The number of nitrogens with zero attached hydrogens (tertiary/aromatic N) is 5. The summed E-state index contributed by atoms with van der Waals surface area (Å²) >= 11 is 1.41. The molecule has 1 atom stereocenters. The lowest BCUT2D eigenvalue weighted by Gasteiger charge is -2.29. The predicted molar refractivity (Wildman–Crippen MR) is 106 cm³/mol. The summed E-state index contributed by atoms with van der Waals surface area (Å²) in [6.07, 6.45) is 2.88. The normalized spacial score (nSPS) is 18.5. The van der Waals surface area contributed by atoms with E-state index in [-0.39, 0.29) is 5.92 Å². The number of ether oxygens (including phenoxy) is 2. The number of methoxy groups -OCH3 is 2. The van der Waals surface area contributed by atoms with Crippen molar-refractivity contribution in [2.75, 3.05) is 33.6 Å². The molecular weight excluding hydrogens is 402 g/mol. The van der Waals surface area contributed by atoms with Crippen LogP contribution in [0, 0.1) is 0 Å². The SMILES string of the molecule is COc1ccc(-c2nn3c(C4CCCN(S(C)(=O)=O)C4)nnc3s2)c(OC)c1. The van der Waals surface area contributed by atoms with E-state index in [1.165, 1.54) is 21.9 Å². The van der Waals surface area contributed by atoms with Crippen molar-refractivity contribution in [2.45, 2.75) is 18.8 Å². The molecule has 11 heteroatoms. The van der Waals surface area contributed by atoms with E-state index in [1.54, 1.807) is 18.7 Å². The van der Waals surface area contributed by atoms with E-state index >= 15 is 0 Å². The van der Waals surface area contributed by atoms with E-state index in [0.29, 0.717) is 35.4 Å². The molecule has 0 aliphatic carbocycles. The maximum atomic E-state index is 11.9. The Hall–Kier alpha value is -2.24. The smallest absolute Gasteiger partial charge is 0.234 e. The molecule has 1 fully saturated rings. The standard InChI is InChI=1S/C17H21N5O4S2/c1-25-12-6-7-13(14(9-12)26-2)16-20-22-15(18-19-17(22)27-16)11-5-4-8-21(10-11)28(3,23)24/h6-7,9,11H,4-5,8,10H2,1-3H3. The Balaban J connectivity index is 1.70. The second-order valence-corrected chi connectivity index (χ2v) is 9.62. The minimum Gasteiger partial charge on any atom is -0.497 e. The van der Waals surface area contributed by atoms with Crippen molar-refractivity contribution in [3.8, 4) is 22.1 Å². The van der Waals surface area contributed by atoms with Crippen molar-refractivity contribution >= 4 is 26.3 Å². The van der Waals surface area contributed by atoms with Crippen LogP contribution in [0.3, 0.4) is 0 Å². The Morgan fingerprint density at radius 3 is 2.75 bits per heavy atom. The molecular formula is C17H21N5O4S2. The van der Waals surface area contributed by atoms with E-state index in [9.17, 15) is 8.42 Å². The number of hydrogen-bond donors (Lipinski definition) is 0. The minimum atomic E-state index is -3.23. The summed E-state index contributed by atoms with van der Waals surface area (Å²) in [4.78, 5) is 0.666. The number of sulfonamides is 1. The van der Waals surface area contributed by atoms with Crippen molar-refractivity contribution < 1.29 is 17.9 Å². The first-order valence-corrected chi connectivity index (χ1v) is 11.5. The number of rotatable bonds is 5. The van der Waals surface area contributed by atoms with Crippen molar-refractivity contribution in [2.24, 2.45) is 0 Å². The van der Waals surface area contributed by atoms with Crippen molar-refractivity contribution in [3.05, 3.63) is 24.0 Å². The van der Waals surface area contributed by atoms with Gasteiger partial charge >= 0.3 is 0 Å². The molecule has 0 spiro atoms. The van der Waals surface area contributed by atoms with Gasteiger partial charge in [0.1, 0.15) is 11.5 Å². The van der Waals surface area contributed by atoms with Gasteiger partial charge in [0.25, 0.3) is 0 Å². The molecule has 3 aromatic rings. The van der Waals surface area contributed by atoms with Crippen LogP contribution in [0.5, 0.6) is 11.5 Å². The van der Waals surface area contributed by atoms with Crippen LogP contribution < -0.4 is 9.47 Å². The Labute approximate surface area is 167 Å². The van der Waals surface area contributed by atoms with Gasteiger partial charge in [-0.3, -0.25) is 0 Å². The number of piperidine rings is 1. The van der Waals surface area contributed by atoms with Gasteiger partial charge in [-0.05, 0) is 25.0 Å². The van der Waals surface area contributed by atoms with Crippen LogP contribution >= 0.6 is 11.3 Å². The molecule has 0 radical (unpaired) electrons. The van der Waals surface area contributed by atoms with Crippen LogP contribution in [-0.2, 0) is 10.0 Å². The zero-order chi connectivity index (χ0) is 19.9. The van der Waals surface area contributed by atoms with E-state index in [1.807, 2.05) is 18.2 Å². The van der Waals surface area contributed by atoms with E-state index < -0.39 is 10.0 Å². The highest BCUT2D eigenvalue weighted by atomic mass is 32.2. The maximum absolute atomic E-state index is 11.9. The Morgan fingerprint density at radius 2 is 2.04 bits per heavy atom. The van der Waals surface area contributed by atoms with E-state index in [2.05, 4.69) is 10.2 Å². The first kappa shape index (κ1) is 19.1. The third-order valence-corrected chi connectivity index (χ3v) is 7.07. The van der Waals surface area contributed by atoms with Crippen molar-refractivity contribution in [1.82, 2.24) is 24.1 Å². The summed E-state index contributed by atoms with van der Waals surface area (Å²) in [5, 5.41) is 14.0. The van der Waals surface area contributed by atoms with Gasteiger partial charge in [0.15, 0.2) is 10.8 Å². The van der Waals surface area contributed by atoms with Gasteiger partial charge in [-0.15, -0.1) is 10.2 Å². The number of aromatic nitrogens is 4. The molecule has 1 saturated heterocycles. The van der Waals surface area contributed by atoms with E-state index in [0.717, 1.165) is 23.4 Å². The largest absolute Gasteiger partial charge is 0.497 e. The molecule has 0 N–H and O–H groups in total. The fourth-order valence-electron chi connectivity index (χ4n) is 3.43. The zero-order valence-corrected chi connectivity index (χ0v) is 17.5. The lowest BCUT2D eigenvalue weighted by Crippen LogP contribution is -2.38. The van der Waals surface area contributed by atoms with Crippen LogP contribution in [0.25, 0.3) is 15.5 Å². The molecule has 1 unspecified atom stereocenters. The molecule has 3 heterocycles. The minimum absolute atomic E-state index is 0.0359. The number of fused-ring (bicyclic) bond motifs is 1.